The lowest BCUT2D eigenvalue weighted by atomic mass is 9.96. The van der Waals surface area contributed by atoms with Crippen LogP contribution in [0.4, 0.5) is 0 Å². The van der Waals surface area contributed by atoms with Crippen molar-refractivity contribution in [1.29, 1.82) is 0 Å². The first-order chi connectivity index (χ1) is 9.61. The molecule has 1 aliphatic rings. The molecule has 0 radical (unpaired) electrons. The summed E-state index contributed by atoms with van der Waals surface area (Å²) < 4.78 is 5.09. The van der Waals surface area contributed by atoms with E-state index in [4.69, 9.17) is 4.74 Å². The van der Waals surface area contributed by atoms with Crippen LogP contribution in [-0.2, 0) is 0 Å². The zero-order valence-corrected chi connectivity index (χ0v) is 12.2. The van der Waals surface area contributed by atoms with E-state index in [1.54, 1.807) is 18.2 Å². The first-order valence-corrected chi connectivity index (χ1v) is 7.10. The first-order valence-electron chi connectivity index (χ1n) is 7.10. The molecule has 3 N–H and O–H groups in total. The highest BCUT2D eigenvalue weighted by Crippen LogP contribution is 2.31. The van der Waals surface area contributed by atoms with Gasteiger partial charge < -0.3 is 25.2 Å². The highest BCUT2D eigenvalue weighted by molar-refractivity contribution is 5.42. The van der Waals surface area contributed by atoms with Gasteiger partial charge in [0.05, 0.1) is 13.2 Å². The van der Waals surface area contributed by atoms with Gasteiger partial charge >= 0.3 is 0 Å². The Morgan fingerprint density at radius 2 is 2.05 bits per heavy atom. The Morgan fingerprint density at radius 1 is 1.35 bits per heavy atom. The van der Waals surface area contributed by atoms with Gasteiger partial charge in [0.2, 0.25) is 0 Å². The Balaban J connectivity index is 2.00. The Morgan fingerprint density at radius 3 is 2.70 bits per heavy atom. The van der Waals surface area contributed by atoms with E-state index in [1.807, 2.05) is 6.92 Å². The molecule has 0 amide bonds. The number of phenolic OH excluding ortho intramolecular Hbond substituents is 1. The number of piperazine rings is 1. The van der Waals surface area contributed by atoms with E-state index < -0.39 is 6.10 Å². The second-order valence-electron chi connectivity index (χ2n) is 5.40. The molecule has 0 bridgehead atoms. The number of aromatic hydroxyl groups is 1. The highest BCUT2D eigenvalue weighted by atomic mass is 16.5. The average Bonchev–Trinajstić information content (AvgIpc) is 2.48. The molecular weight excluding hydrogens is 256 g/mol. The van der Waals surface area contributed by atoms with E-state index in [0.717, 1.165) is 38.3 Å². The molecular formula is C15H24N2O3. The molecule has 2 unspecified atom stereocenters. The van der Waals surface area contributed by atoms with Crippen LogP contribution in [0.5, 0.6) is 11.5 Å². The fourth-order valence-corrected chi connectivity index (χ4v) is 2.61. The van der Waals surface area contributed by atoms with Gasteiger partial charge in [0.1, 0.15) is 0 Å². The van der Waals surface area contributed by atoms with Crippen molar-refractivity contribution in [3.63, 3.8) is 0 Å². The summed E-state index contributed by atoms with van der Waals surface area (Å²) in [4.78, 5) is 2.36. The summed E-state index contributed by atoms with van der Waals surface area (Å²) in [5.41, 5.74) is 0.780. The van der Waals surface area contributed by atoms with Crippen molar-refractivity contribution in [2.75, 3.05) is 39.8 Å². The van der Waals surface area contributed by atoms with Crippen LogP contribution in [-0.4, -0.2) is 54.9 Å². The molecule has 2 rings (SSSR count). The lowest BCUT2D eigenvalue weighted by molar-refractivity contribution is 0.0840. The Kier molecular flexibility index (Phi) is 5.23. The number of nitrogens with zero attached hydrogens (tertiary/aromatic N) is 1. The van der Waals surface area contributed by atoms with Crippen LogP contribution < -0.4 is 10.1 Å². The number of hydrogen-bond donors (Lipinski definition) is 3. The quantitative estimate of drug-likeness (QED) is 0.750. The fourth-order valence-electron chi connectivity index (χ4n) is 2.61. The van der Waals surface area contributed by atoms with Crippen LogP contribution in [0.3, 0.4) is 0 Å². The number of hydrogen-bond acceptors (Lipinski definition) is 5. The summed E-state index contributed by atoms with van der Waals surface area (Å²) in [6.07, 6.45) is -0.556. The van der Waals surface area contributed by atoms with Crippen molar-refractivity contribution in [1.82, 2.24) is 10.2 Å². The number of aliphatic hydroxyl groups excluding tert-OH is 1. The molecule has 0 aromatic heterocycles. The minimum Gasteiger partial charge on any atom is -0.504 e. The summed E-state index contributed by atoms with van der Waals surface area (Å²) in [5.74, 6) is 0.622. The van der Waals surface area contributed by atoms with Gasteiger partial charge in [0.25, 0.3) is 0 Å². The van der Waals surface area contributed by atoms with Crippen molar-refractivity contribution < 1.29 is 14.9 Å². The van der Waals surface area contributed by atoms with Crippen LogP contribution in [0.15, 0.2) is 18.2 Å². The maximum atomic E-state index is 10.5. The highest BCUT2D eigenvalue weighted by Gasteiger charge is 2.21. The molecule has 1 aliphatic heterocycles. The number of phenols is 1. The maximum Gasteiger partial charge on any atom is 0.160 e. The first kappa shape index (κ1) is 15.1. The number of nitrogens with one attached hydrogen (secondary N) is 1. The molecule has 20 heavy (non-hydrogen) atoms. The van der Waals surface area contributed by atoms with Gasteiger partial charge in [-0.05, 0) is 23.6 Å². The average molecular weight is 280 g/mol. The Labute approximate surface area is 120 Å². The molecule has 5 heteroatoms. The normalized spacial score (nSPS) is 19.6. The van der Waals surface area contributed by atoms with Gasteiger partial charge in [-0.1, -0.05) is 13.0 Å². The molecule has 1 heterocycles. The van der Waals surface area contributed by atoms with E-state index in [2.05, 4.69) is 10.2 Å². The molecule has 0 aliphatic carbocycles. The number of ether oxygens (including phenoxy) is 1. The number of methoxy groups -OCH3 is 1. The second-order valence-corrected chi connectivity index (χ2v) is 5.40. The van der Waals surface area contributed by atoms with Crippen molar-refractivity contribution in [3.05, 3.63) is 23.8 Å². The molecule has 0 saturated carbocycles. The van der Waals surface area contributed by atoms with E-state index in [0.29, 0.717) is 5.75 Å². The van der Waals surface area contributed by atoms with Gasteiger partial charge in [-0.2, -0.15) is 0 Å². The third-order valence-corrected chi connectivity index (χ3v) is 3.84. The van der Waals surface area contributed by atoms with Gasteiger partial charge in [-0.25, -0.2) is 0 Å². The predicted octanol–water partition coefficient (Wildman–Crippen LogP) is 0.975. The van der Waals surface area contributed by atoms with Crippen LogP contribution in [0, 0.1) is 5.92 Å². The zero-order valence-electron chi connectivity index (χ0n) is 12.2. The minimum atomic E-state index is -0.556. The number of rotatable bonds is 5. The van der Waals surface area contributed by atoms with Crippen molar-refractivity contribution in [2.24, 2.45) is 5.92 Å². The molecule has 1 saturated heterocycles. The number of aliphatic hydroxyl groups is 1. The Hall–Kier alpha value is -1.30. The third kappa shape index (κ3) is 3.62. The van der Waals surface area contributed by atoms with Gasteiger partial charge in [0, 0.05) is 32.7 Å². The molecule has 0 spiro atoms. The van der Waals surface area contributed by atoms with Crippen molar-refractivity contribution >= 4 is 0 Å². The van der Waals surface area contributed by atoms with Crippen LogP contribution in [0.25, 0.3) is 0 Å². The lowest BCUT2D eigenvalue weighted by Gasteiger charge is -2.31. The summed E-state index contributed by atoms with van der Waals surface area (Å²) in [6, 6.07) is 5.01. The summed E-state index contributed by atoms with van der Waals surface area (Å²) in [5, 5.41) is 23.4. The van der Waals surface area contributed by atoms with E-state index in [1.165, 1.54) is 7.11 Å². The smallest absolute Gasteiger partial charge is 0.160 e. The molecule has 112 valence electrons. The standard InChI is InChI=1S/C15H24N2O3/c1-11(10-17-7-5-16-6-8-17)15(19)12-3-4-13(18)14(9-12)20-2/h3-4,9,11,15-16,18-19H,5-8,10H2,1-2H3. The summed E-state index contributed by atoms with van der Waals surface area (Å²) >= 11 is 0. The van der Waals surface area contributed by atoms with Crippen LogP contribution in [0.2, 0.25) is 0 Å². The topological polar surface area (TPSA) is 65.0 Å². The SMILES string of the molecule is COc1cc(C(O)C(C)CN2CCNCC2)ccc1O. The van der Waals surface area contributed by atoms with Gasteiger partial charge in [0.15, 0.2) is 11.5 Å². The largest absolute Gasteiger partial charge is 0.504 e. The molecule has 1 aromatic rings. The van der Waals surface area contributed by atoms with E-state index >= 15 is 0 Å². The van der Waals surface area contributed by atoms with E-state index in [-0.39, 0.29) is 11.7 Å². The van der Waals surface area contributed by atoms with Gasteiger partial charge in [-0.15, -0.1) is 0 Å². The predicted molar refractivity (Wildman–Crippen MR) is 78.1 cm³/mol. The van der Waals surface area contributed by atoms with Gasteiger partial charge in [-0.3, -0.25) is 0 Å². The van der Waals surface area contributed by atoms with Crippen LogP contribution >= 0.6 is 0 Å². The zero-order chi connectivity index (χ0) is 14.5. The summed E-state index contributed by atoms with van der Waals surface area (Å²) in [6.45, 7) is 6.98. The summed E-state index contributed by atoms with van der Waals surface area (Å²) in [7, 11) is 1.51. The van der Waals surface area contributed by atoms with Crippen LogP contribution in [0.1, 0.15) is 18.6 Å². The molecule has 2 atom stereocenters. The number of benzene rings is 1. The maximum absolute atomic E-state index is 10.5. The van der Waals surface area contributed by atoms with E-state index in [9.17, 15) is 10.2 Å². The monoisotopic (exact) mass is 280 g/mol. The molecule has 1 fully saturated rings. The molecule has 5 nitrogen and oxygen atoms in total. The fraction of sp³-hybridized carbons (Fsp3) is 0.600. The molecule has 1 aromatic carbocycles. The second kappa shape index (κ2) is 6.92. The van der Waals surface area contributed by atoms with Crippen molar-refractivity contribution in [3.8, 4) is 11.5 Å². The Bertz CT molecular complexity index is 433. The third-order valence-electron chi connectivity index (χ3n) is 3.84. The van der Waals surface area contributed by atoms with Crippen molar-refractivity contribution in [2.45, 2.75) is 13.0 Å². The lowest BCUT2D eigenvalue weighted by Crippen LogP contribution is -2.45. The minimum absolute atomic E-state index is 0.0956.